The molecule has 0 aromatic carbocycles. The van der Waals surface area contributed by atoms with Crippen molar-refractivity contribution in [2.75, 3.05) is 26.2 Å². The van der Waals surface area contributed by atoms with E-state index in [0.717, 1.165) is 31.2 Å². The third-order valence-electron chi connectivity index (χ3n) is 3.83. The van der Waals surface area contributed by atoms with Gasteiger partial charge in [0.05, 0.1) is 0 Å². The van der Waals surface area contributed by atoms with Crippen molar-refractivity contribution in [2.24, 2.45) is 16.8 Å². The van der Waals surface area contributed by atoms with Gasteiger partial charge in [-0.1, -0.05) is 32.9 Å². The number of hydrogen-bond donors (Lipinski definition) is 3. The second-order valence-corrected chi connectivity index (χ2v) is 7.11. The Bertz CT molecular complexity index is 499. The molecular weight excluding hydrogens is 318 g/mol. The highest BCUT2D eigenvalue weighted by Crippen LogP contribution is 2.15. The predicted molar refractivity (Wildman–Crippen MR) is 101 cm³/mol. The van der Waals surface area contributed by atoms with E-state index in [1.165, 1.54) is 0 Å². The minimum Gasteiger partial charge on any atom is -0.396 e. The fourth-order valence-corrected chi connectivity index (χ4v) is 2.59. The maximum absolute atomic E-state index is 9.22. The molecule has 1 heterocycles. The monoisotopic (exact) mass is 353 g/mol. The van der Waals surface area contributed by atoms with Crippen LogP contribution in [-0.4, -0.2) is 47.4 Å². The Morgan fingerprint density at radius 3 is 2.56 bits per heavy atom. The third-order valence-corrected chi connectivity index (χ3v) is 3.83. The van der Waals surface area contributed by atoms with Gasteiger partial charge in [0.15, 0.2) is 11.8 Å². The Morgan fingerprint density at radius 1 is 1.24 bits per heavy atom. The fraction of sp³-hybridized carbons (Fsp3) is 0.833. The summed E-state index contributed by atoms with van der Waals surface area (Å²) in [6.45, 7) is 13.0. The first-order valence-electron chi connectivity index (χ1n) is 9.41. The van der Waals surface area contributed by atoms with Gasteiger partial charge in [-0.2, -0.15) is 4.98 Å². The number of nitrogens with one attached hydrogen (secondary N) is 2. The van der Waals surface area contributed by atoms with Gasteiger partial charge in [-0.15, -0.1) is 0 Å². The normalized spacial score (nSPS) is 13.5. The van der Waals surface area contributed by atoms with Crippen molar-refractivity contribution in [3.8, 4) is 0 Å². The van der Waals surface area contributed by atoms with Gasteiger partial charge < -0.3 is 20.3 Å². The van der Waals surface area contributed by atoms with Gasteiger partial charge in [0.25, 0.3) is 0 Å². The summed E-state index contributed by atoms with van der Waals surface area (Å²) in [5, 5.41) is 19.8. The van der Waals surface area contributed by atoms with Crippen LogP contribution in [0.1, 0.15) is 65.1 Å². The summed E-state index contributed by atoms with van der Waals surface area (Å²) in [5.41, 5.74) is 0. The van der Waals surface area contributed by atoms with Crippen LogP contribution in [-0.2, 0) is 6.42 Å². The van der Waals surface area contributed by atoms with Crippen LogP contribution in [0.3, 0.4) is 0 Å². The number of nitrogens with zero attached hydrogens (tertiary/aromatic N) is 3. The molecule has 144 valence electrons. The lowest BCUT2D eigenvalue weighted by atomic mass is 9.94. The summed E-state index contributed by atoms with van der Waals surface area (Å²) in [7, 11) is 0. The van der Waals surface area contributed by atoms with Crippen LogP contribution in [0.15, 0.2) is 9.52 Å². The number of aliphatic hydroxyl groups excluding tert-OH is 1. The Kier molecular flexibility index (Phi) is 10.1. The molecule has 25 heavy (non-hydrogen) atoms. The Balaban J connectivity index is 2.50. The highest BCUT2D eigenvalue weighted by molar-refractivity contribution is 5.79. The summed E-state index contributed by atoms with van der Waals surface area (Å²) in [4.78, 5) is 9.04. The summed E-state index contributed by atoms with van der Waals surface area (Å²) in [6.07, 6.45) is 2.53. The summed E-state index contributed by atoms with van der Waals surface area (Å²) < 4.78 is 5.25. The van der Waals surface area contributed by atoms with Gasteiger partial charge in [0, 0.05) is 38.6 Å². The maximum atomic E-state index is 9.22. The van der Waals surface area contributed by atoms with E-state index >= 15 is 0 Å². The third kappa shape index (κ3) is 8.86. The van der Waals surface area contributed by atoms with Crippen molar-refractivity contribution < 1.29 is 9.63 Å². The maximum Gasteiger partial charge on any atom is 0.228 e. The van der Waals surface area contributed by atoms with Crippen LogP contribution in [0.5, 0.6) is 0 Å². The van der Waals surface area contributed by atoms with Crippen molar-refractivity contribution in [3.05, 3.63) is 11.7 Å². The first-order valence-corrected chi connectivity index (χ1v) is 9.41. The van der Waals surface area contributed by atoms with Crippen molar-refractivity contribution in [1.82, 2.24) is 20.8 Å². The highest BCUT2D eigenvalue weighted by Gasteiger charge is 2.12. The van der Waals surface area contributed by atoms with E-state index in [2.05, 4.69) is 39.6 Å². The van der Waals surface area contributed by atoms with Gasteiger partial charge in [0.1, 0.15) is 0 Å². The van der Waals surface area contributed by atoms with Crippen LogP contribution >= 0.6 is 0 Å². The summed E-state index contributed by atoms with van der Waals surface area (Å²) >= 11 is 0. The topological polar surface area (TPSA) is 95.6 Å². The van der Waals surface area contributed by atoms with Crippen molar-refractivity contribution in [3.63, 3.8) is 0 Å². The molecule has 1 aromatic rings. The molecule has 3 N–H and O–H groups in total. The van der Waals surface area contributed by atoms with Crippen LogP contribution in [0, 0.1) is 11.8 Å². The largest absolute Gasteiger partial charge is 0.396 e. The van der Waals surface area contributed by atoms with Crippen LogP contribution in [0.4, 0.5) is 0 Å². The van der Waals surface area contributed by atoms with Gasteiger partial charge in [-0.05, 0) is 31.6 Å². The minimum absolute atomic E-state index is 0.215. The van der Waals surface area contributed by atoms with E-state index in [-0.39, 0.29) is 12.5 Å². The van der Waals surface area contributed by atoms with E-state index in [1.54, 1.807) is 0 Å². The molecule has 0 aliphatic carbocycles. The average Bonchev–Trinajstić information content (AvgIpc) is 3.01. The van der Waals surface area contributed by atoms with E-state index in [9.17, 15) is 5.11 Å². The molecule has 0 fully saturated rings. The number of aliphatic hydroxyl groups is 1. The number of hydrogen-bond acceptors (Lipinski definition) is 5. The molecule has 0 aliphatic rings. The van der Waals surface area contributed by atoms with Crippen LogP contribution < -0.4 is 10.6 Å². The van der Waals surface area contributed by atoms with Gasteiger partial charge in [-0.25, -0.2) is 0 Å². The SMILES string of the molecule is CCNC(=NCC(CCO)CC(C)C)NCCc1nc(C(C)C)no1. The minimum atomic E-state index is 0.215. The first kappa shape index (κ1) is 21.4. The van der Waals surface area contributed by atoms with Gasteiger partial charge >= 0.3 is 0 Å². The van der Waals surface area contributed by atoms with Crippen LogP contribution in [0.25, 0.3) is 0 Å². The molecule has 1 unspecified atom stereocenters. The number of aliphatic imine (C=N–C) groups is 1. The standard InChI is InChI=1S/C18H35N5O2/c1-6-19-18(21-12-15(8-10-24)11-13(2)3)20-9-7-16-22-17(14(4)5)23-25-16/h13-15,24H,6-12H2,1-5H3,(H2,19,20,21). The van der Waals surface area contributed by atoms with Crippen molar-refractivity contribution in [2.45, 2.75) is 59.8 Å². The zero-order chi connectivity index (χ0) is 18.7. The van der Waals surface area contributed by atoms with E-state index < -0.39 is 0 Å². The molecule has 1 atom stereocenters. The molecule has 0 radical (unpaired) electrons. The lowest BCUT2D eigenvalue weighted by Gasteiger charge is -2.17. The van der Waals surface area contributed by atoms with E-state index in [4.69, 9.17) is 4.52 Å². The molecule has 7 heteroatoms. The van der Waals surface area contributed by atoms with Gasteiger partial charge in [0.2, 0.25) is 5.89 Å². The number of aromatic nitrogens is 2. The summed E-state index contributed by atoms with van der Waals surface area (Å²) in [5.74, 6) is 3.47. The van der Waals surface area contributed by atoms with Crippen molar-refractivity contribution >= 4 is 5.96 Å². The lowest BCUT2D eigenvalue weighted by molar-refractivity contribution is 0.245. The van der Waals surface area contributed by atoms with Gasteiger partial charge in [-0.3, -0.25) is 4.99 Å². The smallest absolute Gasteiger partial charge is 0.228 e. The van der Waals surface area contributed by atoms with E-state index in [0.29, 0.717) is 37.2 Å². The molecule has 0 saturated carbocycles. The molecule has 0 saturated heterocycles. The molecule has 1 rings (SSSR count). The molecule has 0 spiro atoms. The average molecular weight is 354 g/mol. The molecule has 0 aliphatic heterocycles. The summed E-state index contributed by atoms with van der Waals surface area (Å²) in [6, 6.07) is 0. The molecular formula is C18H35N5O2. The molecule has 1 aromatic heterocycles. The highest BCUT2D eigenvalue weighted by atomic mass is 16.5. The zero-order valence-electron chi connectivity index (χ0n) is 16.4. The zero-order valence-corrected chi connectivity index (χ0v) is 16.4. The lowest BCUT2D eigenvalue weighted by Crippen LogP contribution is -2.38. The first-order chi connectivity index (χ1) is 12.0. The van der Waals surface area contributed by atoms with E-state index in [1.807, 2.05) is 20.8 Å². The number of rotatable bonds is 11. The Labute approximate surface area is 151 Å². The quantitative estimate of drug-likeness (QED) is 0.417. The molecule has 7 nitrogen and oxygen atoms in total. The molecule has 0 amide bonds. The molecule has 0 bridgehead atoms. The van der Waals surface area contributed by atoms with Crippen molar-refractivity contribution in [1.29, 1.82) is 0 Å². The number of guanidine groups is 1. The second kappa shape index (κ2) is 11.8. The Hall–Kier alpha value is -1.63. The Morgan fingerprint density at radius 2 is 2.00 bits per heavy atom. The fourth-order valence-electron chi connectivity index (χ4n) is 2.59. The van der Waals surface area contributed by atoms with Crippen LogP contribution in [0.2, 0.25) is 0 Å². The second-order valence-electron chi connectivity index (χ2n) is 7.11. The predicted octanol–water partition coefficient (Wildman–Crippen LogP) is 2.34.